The van der Waals surface area contributed by atoms with Gasteiger partial charge in [-0.3, -0.25) is 0 Å². The number of halogens is 1. The molecule has 2 N–H and O–H groups in total. The lowest BCUT2D eigenvalue weighted by Gasteiger charge is -2.22. The van der Waals surface area contributed by atoms with Crippen LogP contribution in [0.1, 0.15) is 17.2 Å². The highest BCUT2D eigenvalue weighted by Crippen LogP contribution is 2.22. The number of aryl methyl sites for hydroxylation is 1. The molecule has 0 heterocycles. The molecule has 0 aliphatic carbocycles. The molecule has 4 nitrogen and oxygen atoms in total. The molecule has 0 aliphatic rings. The molecule has 0 unspecified atom stereocenters. The molecule has 0 fully saturated rings. The normalized spacial score (nSPS) is 12.5. The van der Waals surface area contributed by atoms with E-state index < -0.39 is 10.0 Å². The molecule has 3 aromatic rings. The minimum absolute atomic E-state index is 0.189. The van der Waals surface area contributed by atoms with Gasteiger partial charge in [-0.25, -0.2) is 13.1 Å². The van der Waals surface area contributed by atoms with E-state index in [-0.39, 0.29) is 17.5 Å². The zero-order valence-electron chi connectivity index (χ0n) is 14.9. The van der Waals surface area contributed by atoms with Crippen LogP contribution in [-0.2, 0) is 10.0 Å². The Hall–Kier alpha value is -2.34. The van der Waals surface area contributed by atoms with Gasteiger partial charge in [0.25, 0.3) is 0 Å². The first-order valence-electron chi connectivity index (χ1n) is 8.58. The summed E-state index contributed by atoms with van der Waals surface area (Å²) >= 11 is 5.85. The van der Waals surface area contributed by atoms with E-state index in [4.69, 9.17) is 11.6 Å². The van der Waals surface area contributed by atoms with Gasteiger partial charge < -0.3 is 5.32 Å². The van der Waals surface area contributed by atoms with Crippen LogP contribution in [-0.4, -0.2) is 15.0 Å². The summed E-state index contributed by atoms with van der Waals surface area (Å²) in [5.41, 5.74) is 3.07. The lowest BCUT2D eigenvalue weighted by atomic mass is 10.1. The standard InChI is InChI=1S/C21H21ClN2O2S/c1-16-7-5-6-10-20(16)24-21(17-8-3-2-4-9-17)15-23-27(25,26)19-13-11-18(22)12-14-19/h2-14,21,23-24H,15H2,1H3/t21-/m1/s1. The first-order chi connectivity index (χ1) is 13.0. The van der Waals surface area contributed by atoms with Crippen LogP contribution < -0.4 is 10.0 Å². The van der Waals surface area contributed by atoms with Crippen LogP contribution in [0, 0.1) is 6.92 Å². The second-order valence-corrected chi connectivity index (χ2v) is 8.43. The molecule has 0 saturated carbocycles. The Kier molecular flexibility index (Phi) is 6.16. The molecular formula is C21H21ClN2O2S. The van der Waals surface area contributed by atoms with E-state index in [2.05, 4.69) is 10.0 Å². The number of hydrogen-bond acceptors (Lipinski definition) is 3. The SMILES string of the molecule is Cc1ccccc1N[C@H](CNS(=O)(=O)c1ccc(Cl)cc1)c1ccccc1. The quantitative estimate of drug-likeness (QED) is 0.600. The first-order valence-corrected chi connectivity index (χ1v) is 10.4. The van der Waals surface area contributed by atoms with Crippen LogP contribution in [0.15, 0.2) is 83.8 Å². The number of rotatable bonds is 7. The van der Waals surface area contributed by atoms with Crippen molar-refractivity contribution in [1.82, 2.24) is 4.72 Å². The van der Waals surface area contributed by atoms with Gasteiger partial charge in [0, 0.05) is 17.3 Å². The van der Waals surface area contributed by atoms with Crippen molar-refractivity contribution in [2.75, 3.05) is 11.9 Å². The van der Waals surface area contributed by atoms with E-state index in [9.17, 15) is 8.42 Å². The Morgan fingerprint density at radius 3 is 2.19 bits per heavy atom. The Balaban J connectivity index is 1.81. The van der Waals surface area contributed by atoms with Crippen LogP contribution >= 0.6 is 11.6 Å². The van der Waals surface area contributed by atoms with Crippen molar-refractivity contribution in [3.8, 4) is 0 Å². The van der Waals surface area contributed by atoms with Crippen LogP contribution in [0.4, 0.5) is 5.69 Å². The van der Waals surface area contributed by atoms with Gasteiger partial charge >= 0.3 is 0 Å². The Morgan fingerprint density at radius 2 is 1.52 bits per heavy atom. The molecule has 0 amide bonds. The number of sulfonamides is 1. The molecule has 0 bridgehead atoms. The number of para-hydroxylation sites is 1. The summed E-state index contributed by atoms with van der Waals surface area (Å²) < 4.78 is 27.9. The van der Waals surface area contributed by atoms with Crippen molar-refractivity contribution < 1.29 is 8.42 Å². The topological polar surface area (TPSA) is 58.2 Å². The molecule has 0 saturated heterocycles. The fraction of sp³-hybridized carbons (Fsp3) is 0.143. The summed E-state index contributed by atoms with van der Waals surface area (Å²) in [6.45, 7) is 2.23. The van der Waals surface area contributed by atoms with Crippen LogP contribution in [0.5, 0.6) is 0 Å². The minimum Gasteiger partial charge on any atom is -0.377 e. The third kappa shape index (κ3) is 5.10. The molecule has 0 radical (unpaired) electrons. The van der Waals surface area contributed by atoms with Crippen LogP contribution in [0.2, 0.25) is 5.02 Å². The summed E-state index contributed by atoms with van der Waals surface area (Å²) in [6.07, 6.45) is 0. The van der Waals surface area contributed by atoms with Crippen LogP contribution in [0.25, 0.3) is 0 Å². The number of hydrogen-bond donors (Lipinski definition) is 2. The molecular weight excluding hydrogens is 380 g/mol. The Bertz CT molecular complexity index is 990. The van der Waals surface area contributed by atoms with Gasteiger partial charge in [0.15, 0.2) is 0 Å². The molecule has 6 heteroatoms. The predicted octanol–water partition coefficient (Wildman–Crippen LogP) is 4.78. The average molecular weight is 401 g/mol. The molecule has 27 heavy (non-hydrogen) atoms. The molecule has 140 valence electrons. The lowest BCUT2D eigenvalue weighted by molar-refractivity contribution is 0.576. The van der Waals surface area contributed by atoms with E-state index >= 15 is 0 Å². The summed E-state index contributed by atoms with van der Waals surface area (Å²) in [5, 5.41) is 3.95. The van der Waals surface area contributed by atoms with Crippen molar-refractivity contribution in [3.63, 3.8) is 0 Å². The molecule has 0 aliphatic heterocycles. The summed E-state index contributed by atoms with van der Waals surface area (Å²) in [6, 6.07) is 23.6. The van der Waals surface area contributed by atoms with Crippen molar-refractivity contribution in [3.05, 3.63) is 95.0 Å². The lowest BCUT2D eigenvalue weighted by Crippen LogP contribution is -2.31. The van der Waals surface area contributed by atoms with E-state index in [1.807, 2.05) is 61.5 Å². The second-order valence-electron chi connectivity index (χ2n) is 6.23. The monoisotopic (exact) mass is 400 g/mol. The van der Waals surface area contributed by atoms with E-state index in [1.165, 1.54) is 12.1 Å². The number of nitrogens with one attached hydrogen (secondary N) is 2. The molecule has 3 aromatic carbocycles. The zero-order chi connectivity index (χ0) is 19.3. The van der Waals surface area contributed by atoms with Crippen molar-refractivity contribution in [2.24, 2.45) is 0 Å². The van der Waals surface area contributed by atoms with E-state index in [1.54, 1.807) is 12.1 Å². The molecule has 0 aromatic heterocycles. The highest BCUT2D eigenvalue weighted by atomic mass is 35.5. The highest BCUT2D eigenvalue weighted by Gasteiger charge is 2.18. The zero-order valence-corrected chi connectivity index (χ0v) is 16.5. The number of benzene rings is 3. The molecule has 0 spiro atoms. The van der Waals surface area contributed by atoms with Gasteiger partial charge in [-0.15, -0.1) is 0 Å². The van der Waals surface area contributed by atoms with Crippen molar-refractivity contribution >= 4 is 27.3 Å². The maximum atomic E-state index is 12.6. The Labute approximate surface area is 165 Å². The minimum atomic E-state index is -3.63. The largest absolute Gasteiger partial charge is 0.377 e. The van der Waals surface area contributed by atoms with Gasteiger partial charge in [-0.1, -0.05) is 60.1 Å². The van der Waals surface area contributed by atoms with Gasteiger partial charge in [0.05, 0.1) is 10.9 Å². The Morgan fingerprint density at radius 1 is 0.889 bits per heavy atom. The van der Waals surface area contributed by atoms with E-state index in [0.29, 0.717) is 5.02 Å². The molecule has 1 atom stereocenters. The smallest absolute Gasteiger partial charge is 0.240 e. The molecule has 3 rings (SSSR count). The van der Waals surface area contributed by atoms with Crippen molar-refractivity contribution in [1.29, 1.82) is 0 Å². The average Bonchev–Trinajstić information content (AvgIpc) is 2.67. The maximum absolute atomic E-state index is 12.6. The third-order valence-electron chi connectivity index (χ3n) is 4.28. The van der Waals surface area contributed by atoms with Crippen molar-refractivity contribution in [2.45, 2.75) is 17.9 Å². The fourth-order valence-corrected chi connectivity index (χ4v) is 3.92. The first kappa shape index (κ1) is 19.4. The third-order valence-corrected chi connectivity index (χ3v) is 5.97. The summed E-state index contributed by atoms with van der Waals surface area (Å²) in [7, 11) is -3.63. The van der Waals surface area contributed by atoms with Crippen LogP contribution in [0.3, 0.4) is 0 Å². The van der Waals surface area contributed by atoms with Gasteiger partial charge in [0.1, 0.15) is 0 Å². The van der Waals surface area contributed by atoms with E-state index in [0.717, 1.165) is 16.8 Å². The summed E-state index contributed by atoms with van der Waals surface area (Å²) in [5.74, 6) is 0. The fourth-order valence-electron chi connectivity index (χ4n) is 2.75. The number of anilines is 1. The summed E-state index contributed by atoms with van der Waals surface area (Å²) in [4.78, 5) is 0.189. The predicted molar refractivity (Wildman–Crippen MR) is 111 cm³/mol. The highest BCUT2D eigenvalue weighted by molar-refractivity contribution is 7.89. The van der Waals surface area contributed by atoms with Gasteiger partial charge in [0.2, 0.25) is 10.0 Å². The van der Waals surface area contributed by atoms with Gasteiger partial charge in [-0.2, -0.15) is 0 Å². The van der Waals surface area contributed by atoms with Gasteiger partial charge in [-0.05, 0) is 48.4 Å². The second kappa shape index (κ2) is 8.57. The maximum Gasteiger partial charge on any atom is 0.240 e.